The first-order chi connectivity index (χ1) is 18.9. The molecule has 0 radical (unpaired) electrons. The first kappa shape index (κ1) is 27.1. The minimum Gasteiger partial charge on any atom is -0.497 e. The van der Waals surface area contributed by atoms with Gasteiger partial charge in [-0.1, -0.05) is 53.7 Å². The van der Waals surface area contributed by atoms with Crippen LogP contribution in [0.15, 0.2) is 63.3 Å². The van der Waals surface area contributed by atoms with E-state index < -0.39 is 0 Å². The Bertz CT molecular complexity index is 1340. The number of amides is 3. The zero-order valence-electron chi connectivity index (χ0n) is 22.0. The number of methoxy groups -OCH3 is 1. The van der Waals surface area contributed by atoms with Gasteiger partial charge in [0.1, 0.15) is 5.75 Å². The Kier molecular flexibility index (Phi) is 8.42. The molecule has 3 amide bonds. The van der Waals surface area contributed by atoms with Crippen LogP contribution < -0.4 is 4.74 Å². The predicted octanol–water partition coefficient (Wildman–Crippen LogP) is 4.08. The van der Waals surface area contributed by atoms with E-state index in [1.54, 1.807) is 12.0 Å². The van der Waals surface area contributed by atoms with Crippen LogP contribution in [0.1, 0.15) is 23.1 Å². The Morgan fingerprint density at radius 3 is 2.26 bits per heavy atom. The van der Waals surface area contributed by atoms with Crippen molar-refractivity contribution < 1.29 is 19.1 Å². The van der Waals surface area contributed by atoms with E-state index in [-0.39, 0.29) is 17.7 Å². The molecule has 0 saturated carbocycles. The third-order valence-electron chi connectivity index (χ3n) is 6.77. The fourth-order valence-electron chi connectivity index (χ4n) is 4.43. The maximum Gasteiger partial charge on any atom is 0.286 e. The molecule has 2 saturated heterocycles. The molecule has 0 atom stereocenters. The highest BCUT2D eigenvalue weighted by Crippen LogP contribution is 2.32. The summed E-state index contributed by atoms with van der Waals surface area (Å²) in [6, 6.07) is 15.6. The number of thioether (sulfide) groups is 2. The number of amidine groups is 1. The predicted molar refractivity (Wildman–Crippen MR) is 157 cm³/mol. The summed E-state index contributed by atoms with van der Waals surface area (Å²) in [5.41, 5.74) is 3.08. The zero-order chi connectivity index (χ0) is 27.4. The molecule has 2 fully saturated rings. The van der Waals surface area contributed by atoms with Crippen LogP contribution in [-0.4, -0.2) is 83.3 Å². The second-order valence-electron chi connectivity index (χ2n) is 9.46. The lowest BCUT2D eigenvalue weighted by atomic mass is 10.1. The van der Waals surface area contributed by atoms with Crippen LogP contribution >= 0.6 is 23.5 Å². The van der Waals surface area contributed by atoms with Crippen LogP contribution in [0.2, 0.25) is 0 Å². The maximum absolute atomic E-state index is 12.9. The molecule has 5 rings (SSSR count). The molecule has 39 heavy (non-hydrogen) atoms. The highest BCUT2D eigenvalue weighted by molar-refractivity contribution is 8.18. The van der Waals surface area contributed by atoms with Crippen molar-refractivity contribution in [1.29, 1.82) is 0 Å². The van der Waals surface area contributed by atoms with Gasteiger partial charge in [0.05, 0.1) is 22.8 Å². The molecule has 0 bridgehead atoms. The minimum absolute atomic E-state index is 0.0381. The summed E-state index contributed by atoms with van der Waals surface area (Å²) in [6.45, 7) is 4.80. The third-order valence-corrected chi connectivity index (χ3v) is 8.86. The Labute approximate surface area is 236 Å². The molecule has 3 aliphatic heterocycles. The summed E-state index contributed by atoms with van der Waals surface area (Å²) in [6.07, 6.45) is 4.04. The number of aliphatic imine (C=N–C) groups is 1. The number of benzene rings is 2. The molecule has 0 aliphatic carbocycles. The number of aryl methyl sites for hydroxylation is 1. The van der Waals surface area contributed by atoms with Crippen LogP contribution in [0.25, 0.3) is 12.2 Å². The second kappa shape index (κ2) is 12.1. The minimum atomic E-state index is -0.220. The molecule has 0 N–H and O–H groups in total. The largest absolute Gasteiger partial charge is 0.497 e. The van der Waals surface area contributed by atoms with Crippen LogP contribution in [0.5, 0.6) is 5.75 Å². The van der Waals surface area contributed by atoms with Crippen LogP contribution in [-0.2, 0) is 14.4 Å². The van der Waals surface area contributed by atoms with E-state index in [4.69, 9.17) is 4.74 Å². The van der Waals surface area contributed by atoms with Crippen molar-refractivity contribution >= 4 is 58.6 Å². The van der Waals surface area contributed by atoms with E-state index in [1.807, 2.05) is 72.5 Å². The van der Waals surface area contributed by atoms with E-state index in [1.165, 1.54) is 29.1 Å². The highest BCUT2D eigenvalue weighted by Gasteiger charge is 2.31. The maximum atomic E-state index is 12.9. The molecule has 10 heteroatoms. The number of piperazine rings is 1. The Morgan fingerprint density at radius 2 is 1.59 bits per heavy atom. The molecule has 8 nitrogen and oxygen atoms in total. The summed E-state index contributed by atoms with van der Waals surface area (Å²) >= 11 is 2.88. The molecule has 3 aliphatic rings. The molecule has 3 heterocycles. The van der Waals surface area contributed by atoms with Gasteiger partial charge in [-0.15, -0.1) is 0 Å². The lowest BCUT2D eigenvalue weighted by Gasteiger charge is -2.35. The number of carbonyl (C=O) groups excluding carboxylic acids is 3. The molecule has 202 valence electrons. The van der Waals surface area contributed by atoms with Crippen molar-refractivity contribution in [3.63, 3.8) is 0 Å². The lowest BCUT2D eigenvalue weighted by molar-refractivity contribution is -0.133. The van der Waals surface area contributed by atoms with Gasteiger partial charge in [-0.05, 0) is 54.1 Å². The first-order valence-electron chi connectivity index (χ1n) is 12.8. The van der Waals surface area contributed by atoms with E-state index in [0.29, 0.717) is 60.0 Å². The van der Waals surface area contributed by atoms with Gasteiger partial charge in [-0.3, -0.25) is 14.4 Å². The van der Waals surface area contributed by atoms with Gasteiger partial charge in [0.15, 0.2) is 5.17 Å². The lowest BCUT2D eigenvalue weighted by Crippen LogP contribution is -2.50. The van der Waals surface area contributed by atoms with E-state index >= 15 is 0 Å². The molecule has 0 unspecified atom stereocenters. The van der Waals surface area contributed by atoms with Crippen LogP contribution in [0, 0.1) is 6.92 Å². The van der Waals surface area contributed by atoms with Crippen LogP contribution in [0.4, 0.5) is 0 Å². The van der Waals surface area contributed by atoms with Gasteiger partial charge in [0.25, 0.3) is 11.8 Å². The molecular weight excluding hydrogens is 532 g/mol. The molecule has 0 aromatic heterocycles. The fraction of sp³-hybridized carbons (Fsp3) is 0.310. The van der Waals surface area contributed by atoms with E-state index in [9.17, 15) is 14.4 Å². The Hall–Kier alpha value is -3.50. The number of ether oxygens (including phenoxy) is 1. The number of hydrogen-bond donors (Lipinski definition) is 0. The Morgan fingerprint density at radius 1 is 0.949 bits per heavy atom. The normalized spacial score (nSPS) is 19.8. The SMILES string of the molecule is COc1ccc(/C=C2/SCN(CCC(=O)N3CCN(C4=NC(=O)/C(=C\c5ccc(C)cc5)S4)CC3)C2=O)cc1. The van der Waals surface area contributed by atoms with Crippen molar-refractivity contribution in [2.24, 2.45) is 4.99 Å². The van der Waals surface area contributed by atoms with Gasteiger partial charge in [-0.25, -0.2) is 0 Å². The van der Waals surface area contributed by atoms with E-state index in [0.717, 1.165) is 16.9 Å². The monoisotopic (exact) mass is 562 g/mol. The summed E-state index contributed by atoms with van der Waals surface area (Å²) in [5, 5.41) is 0.696. The van der Waals surface area contributed by atoms with Gasteiger partial charge in [0.2, 0.25) is 5.91 Å². The molecular formula is C29H30N4O4S2. The molecule has 2 aromatic rings. The average Bonchev–Trinajstić information content (AvgIpc) is 3.50. The van der Waals surface area contributed by atoms with Gasteiger partial charge < -0.3 is 19.4 Å². The summed E-state index contributed by atoms with van der Waals surface area (Å²) in [5.74, 6) is 1.10. The van der Waals surface area contributed by atoms with Gasteiger partial charge in [-0.2, -0.15) is 4.99 Å². The van der Waals surface area contributed by atoms with Crippen LogP contribution in [0.3, 0.4) is 0 Å². The standard InChI is InChI=1S/C29H30N4O4S2/c1-20-3-5-21(6-4-20)17-24-27(35)30-29(39-24)32-15-13-31(14-16-32)26(34)11-12-33-19-38-25(28(33)36)18-22-7-9-23(37-2)10-8-22/h3-10,17-18H,11-16,19H2,1-2H3/b24-17+,25-18+. The Balaban J connectivity index is 1.08. The quantitative estimate of drug-likeness (QED) is 0.491. The summed E-state index contributed by atoms with van der Waals surface area (Å²) < 4.78 is 5.18. The smallest absolute Gasteiger partial charge is 0.286 e. The molecule has 0 spiro atoms. The number of carbonyl (C=O) groups is 3. The van der Waals surface area contributed by atoms with Crippen molar-refractivity contribution in [3.05, 3.63) is 75.0 Å². The first-order valence-corrected chi connectivity index (χ1v) is 14.6. The third kappa shape index (κ3) is 6.57. The second-order valence-corrected chi connectivity index (χ2v) is 11.5. The van der Waals surface area contributed by atoms with Crippen molar-refractivity contribution in [1.82, 2.24) is 14.7 Å². The van der Waals surface area contributed by atoms with Crippen molar-refractivity contribution in [2.75, 3.05) is 45.7 Å². The molecule has 2 aromatic carbocycles. The van der Waals surface area contributed by atoms with Gasteiger partial charge in [0, 0.05) is 39.1 Å². The summed E-state index contributed by atoms with van der Waals surface area (Å²) in [4.78, 5) is 49.4. The number of hydrogen-bond acceptors (Lipinski definition) is 7. The fourth-order valence-corrected chi connectivity index (χ4v) is 6.41. The van der Waals surface area contributed by atoms with Crippen molar-refractivity contribution in [2.45, 2.75) is 13.3 Å². The average molecular weight is 563 g/mol. The van der Waals surface area contributed by atoms with E-state index in [2.05, 4.69) is 9.89 Å². The van der Waals surface area contributed by atoms with Gasteiger partial charge >= 0.3 is 0 Å². The topological polar surface area (TPSA) is 82.5 Å². The zero-order valence-corrected chi connectivity index (χ0v) is 23.6. The summed E-state index contributed by atoms with van der Waals surface area (Å²) in [7, 11) is 1.62. The highest BCUT2D eigenvalue weighted by atomic mass is 32.2. The van der Waals surface area contributed by atoms with Crippen molar-refractivity contribution in [3.8, 4) is 5.75 Å². The number of rotatable bonds is 6. The number of nitrogens with zero attached hydrogens (tertiary/aromatic N) is 4.